The molecule has 21 heavy (non-hydrogen) atoms. The maximum absolute atomic E-state index is 13.6. The van der Waals surface area contributed by atoms with E-state index in [-0.39, 0.29) is 11.4 Å². The highest BCUT2D eigenvalue weighted by Crippen LogP contribution is 2.24. The molecule has 0 spiro atoms. The quantitative estimate of drug-likeness (QED) is 0.632. The fourth-order valence-corrected chi connectivity index (χ4v) is 2.33. The zero-order chi connectivity index (χ0) is 15.4. The molecule has 0 heterocycles. The number of nitrogens with zero attached hydrogens (tertiary/aromatic N) is 3. The molecule has 0 aromatic heterocycles. The molecular weight excluding hydrogens is 277 g/mol. The first-order valence-electron chi connectivity index (χ1n) is 6.80. The topological polar surface area (TPSA) is 68.0 Å². The maximum Gasteiger partial charge on any atom is 0.272 e. The first-order chi connectivity index (χ1) is 9.97. The Morgan fingerprint density at radius 2 is 2.05 bits per heavy atom. The second-order valence-corrected chi connectivity index (χ2v) is 5.32. The molecule has 7 heteroatoms. The Hall–Kier alpha value is -2.02. The number of oxime groups is 1. The molecule has 1 aromatic carbocycles. The van der Waals surface area contributed by atoms with Gasteiger partial charge in [0.05, 0.1) is 16.7 Å². The van der Waals surface area contributed by atoms with Crippen molar-refractivity contribution in [3.05, 3.63) is 34.1 Å². The van der Waals surface area contributed by atoms with Crippen LogP contribution in [0.4, 0.5) is 10.1 Å². The van der Waals surface area contributed by atoms with Crippen molar-refractivity contribution in [3.63, 3.8) is 0 Å². The first kappa shape index (κ1) is 15.4. The number of benzene rings is 1. The minimum absolute atomic E-state index is 0.0946. The van der Waals surface area contributed by atoms with Crippen LogP contribution in [0.2, 0.25) is 0 Å². The van der Waals surface area contributed by atoms with Gasteiger partial charge in [0.15, 0.2) is 11.6 Å². The van der Waals surface area contributed by atoms with Gasteiger partial charge in [-0.05, 0) is 45.8 Å². The number of hydrogen-bond acceptors (Lipinski definition) is 5. The van der Waals surface area contributed by atoms with Gasteiger partial charge < -0.3 is 9.74 Å². The van der Waals surface area contributed by atoms with Crippen LogP contribution in [0.25, 0.3) is 0 Å². The summed E-state index contributed by atoms with van der Waals surface area (Å²) in [5.74, 6) is -0.877. The summed E-state index contributed by atoms with van der Waals surface area (Å²) in [7, 11) is 4.10. The van der Waals surface area contributed by atoms with E-state index in [2.05, 4.69) is 24.2 Å². The van der Waals surface area contributed by atoms with Crippen LogP contribution in [-0.2, 0) is 0 Å². The lowest BCUT2D eigenvalue weighted by Crippen LogP contribution is -2.32. The first-order valence-corrected chi connectivity index (χ1v) is 6.80. The number of non-ortho nitro benzene ring substituents is 1. The fourth-order valence-electron chi connectivity index (χ4n) is 2.33. The predicted molar refractivity (Wildman–Crippen MR) is 77.1 cm³/mol. The van der Waals surface area contributed by atoms with Gasteiger partial charge in [-0.3, -0.25) is 10.1 Å². The number of hydrogen-bond donors (Lipinski definition) is 0. The van der Waals surface area contributed by atoms with Gasteiger partial charge in [0.1, 0.15) is 0 Å². The lowest BCUT2D eigenvalue weighted by atomic mass is 9.93. The summed E-state index contributed by atoms with van der Waals surface area (Å²) in [6.45, 7) is 0. The lowest BCUT2D eigenvalue weighted by molar-refractivity contribution is -0.385. The molecular formula is C14H18FN3O3. The van der Waals surface area contributed by atoms with E-state index < -0.39 is 10.7 Å². The molecule has 0 unspecified atom stereocenters. The molecule has 0 aliphatic heterocycles. The van der Waals surface area contributed by atoms with E-state index in [9.17, 15) is 14.5 Å². The molecule has 0 atom stereocenters. The summed E-state index contributed by atoms with van der Waals surface area (Å²) >= 11 is 0. The Labute approximate surface area is 122 Å². The van der Waals surface area contributed by atoms with Crippen LogP contribution >= 0.6 is 0 Å². The van der Waals surface area contributed by atoms with Crippen molar-refractivity contribution < 1.29 is 14.2 Å². The van der Waals surface area contributed by atoms with Crippen LogP contribution in [0.15, 0.2) is 23.4 Å². The van der Waals surface area contributed by atoms with Crippen LogP contribution in [-0.4, -0.2) is 35.7 Å². The van der Waals surface area contributed by atoms with Gasteiger partial charge in [-0.15, -0.1) is 0 Å². The summed E-state index contributed by atoms with van der Waals surface area (Å²) in [5.41, 5.74) is 0.588. The average Bonchev–Trinajstić information content (AvgIpc) is 2.46. The van der Waals surface area contributed by atoms with Crippen LogP contribution < -0.4 is 4.84 Å². The predicted octanol–water partition coefficient (Wildman–Crippen LogP) is 2.97. The number of nitro benzene ring substituents is 1. The molecule has 2 rings (SSSR count). The van der Waals surface area contributed by atoms with Crippen molar-refractivity contribution >= 4 is 11.4 Å². The van der Waals surface area contributed by atoms with Crippen LogP contribution in [0.3, 0.4) is 0 Å². The molecule has 0 amide bonds. The standard InChI is InChI=1S/C14H18FN3O3/c1-17(2)11-5-3-10(4-6-11)16-21-14-8-7-12(18(19)20)9-13(14)15/h7-9,11H,3-6H2,1-2H3. The smallest absolute Gasteiger partial charge is 0.272 e. The Morgan fingerprint density at radius 3 is 2.57 bits per heavy atom. The average molecular weight is 295 g/mol. The molecule has 0 N–H and O–H groups in total. The molecule has 1 aromatic rings. The van der Waals surface area contributed by atoms with Crippen molar-refractivity contribution in [2.45, 2.75) is 31.7 Å². The van der Waals surface area contributed by atoms with Crippen LogP contribution in [0.5, 0.6) is 5.75 Å². The van der Waals surface area contributed by atoms with Gasteiger partial charge in [-0.25, -0.2) is 4.39 Å². The second kappa shape index (κ2) is 6.62. The van der Waals surface area contributed by atoms with Crippen molar-refractivity contribution in [1.29, 1.82) is 0 Å². The summed E-state index contributed by atoms with van der Waals surface area (Å²) in [6.07, 6.45) is 3.63. The zero-order valence-corrected chi connectivity index (χ0v) is 12.1. The Balaban J connectivity index is 1.97. The minimum Gasteiger partial charge on any atom is -0.354 e. The van der Waals surface area contributed by atoms with Gasteiger partial charge in [0, 0.05) is 12.1 Å². The highest BCUT2D eigenvalue weighted by atomic mass is 19.1. The highest BCUT2D eigenvalue weighted by molar-refractivity contribution is 5.84. The second-order valence-electron chi connectivity index (χ2n) is 5.32. The van der Waals surface area contributed by atoms with Crippen molar-refractivity contribution in [2.24, 2.45) is 5.16 Å². The Morgan fingerprint density at radius 1 is 1.38 bits per heavy atom. The number of nitro groups is 1. The van der Waals surface area contributed by atoms with Gasteiger partial charge >= 0.3 is 0 Å². The monoisotopic (exact) mass is 295 g/mol. The number of rotatable bonds is 4. The van der Waals surface area contributed by atoms with E-state index in [1.54, 1.807) is 0 Å². The van der Waals surface area contributed by atoms with Crippen molar-refractivity contribution in [2.75, 3.05) is 14.1 Å². The van der Waals surface area contributed by atoms with E-state index in [0.717, 1.165) is 37.5 Å². The van der Waals surface area contributed by atoms with Gasteiger partial charge in [-0.1, -0.05) is 5.16 Å². The summed E-state index contributed by atoms with van der Waals surface area (Å²) in [4.78, 5) is 17.1. The SMILES string of the molecule is CN(C)C1CCC(=NOc2ccc([N+](=O)[O-])cc2F)CC1. The van der Waals surface area contributed by atoms with Crippen LogP contribution in [0, 0.1) is 15.9 Å². The number of halogens is 1. The molecule has 0 saturated heterocycles. The molecule has 6 nitrogen and oxygen atoms in total. The molecule has 114 valence electrons. The Kier molecular flexibility index (Phi) is 4.85. The maximum atomic E-state index is 13.6. The molecule has 1 aliphatic carbocycles. The largest absolute Gasteiger partial charge is 0.354 e. The molecule has 1 fully saturated rings. The van der Waals surface area contributed by atoms with Crippen LogP contribution in [0.1, 0.15) is 25.7 Å². The summed E-state index contributed by atoms with van der Waals surface area (Å²) in [6, 6.07) is 3.79. The highest BCUT2D eigenvalue weighted by Gasteiger charge is 2.20. The normalized spacial score (nSPS) is 18.7. The van der Waals surface area contributed by atoms with Gasteiger partial charge in [0.25, 0.3) is 5.69 Å². The Bertz CT molecular complexity index is 550. The third-order valence-corrected chi connectivity index (χ3v) is 3.66. The van der Waals surface area contributed by atoms with E-state index in [1.807, 2.05) is 0 Å². The third kappa shape index (κ3) is 3.98. The van der Waals surface area contributed by atoms with Gasteiger partial charge in [-0.2, -0.15) is 0 Å². The molecule has 1 aliphatic rings. The van der Waals surface area contributed by atoms with E-state index in [0.29, 0.717) is 6.04 Å². The zero-order valence-electron chi connectivity index (χ0n) is 12.1. The third-order valence-electron chi connectivity index (χ3n) is 3.66. The summed E-state index contributed by atoms with van der Waals surface area (Å²) in [5, 5.41) is 14.5. The van der Waals surface area contributed by atoms with E-state index in [1.165, 1.54) is 12.1 Å². The molecule has 1 saturated carbocycles. The summed E-state index contributed by atoms with van der Waals surface area (Å²) < 4.78 is 13.6. The fraction of sp³-hybridized carbons (Fsp3) is 0.500. The van der Waals surface area contributed by atoms with E-state index >= 15 is 0 Å². The molecule has 0 radical (unpaired) electrons. The molecule has 0 bridgehead atoms. The lowest BCUT2D eigenvalue weighted by Gasteiger charge is -2.28. The van der Waals surface area contributed by atoms with Gasteiger partial charge in [0.2, 0.25) is 0 Å². The van der Waals surface area contributed by atoms with Crippen molar-refractivity contribution in [3.8, 4) is 5.75 Å². The van der Waals surface area contributed by atoms with E-state index in [4.69, 9.17) is 4.84 Å². The van der Waals surface area contributed by atoms with Crippen molar-refractivity contribution in [1.82, 2.24) is 4.90 Å². The minimum atomic E-state index is -0.782.